The summed E-state index contributed by atoms with van der Waals surface area (Å²) in [5.74, 6) is 1.43. The quantitative estimate of drug-likeness (QED) is 0.898. The smallest absolute Gasteiger partial charge is 0.131 e. The maximum atomic E-state index is 13.6. The second-order valence-electron chi connectivity index (χ2n) is 6.87. The second-order valence-corrected chi connectivity index (χ2v) is 6.87. The molecule has 24 heavy (non-hydrogen) atoms. The van der Waals surface area contributed by atoms with E-state index in [0.717, 1.165) is 22.4 Å². The molecule has 0 amide bonds. The highest BCUT2D eigenvalue weighted by molar-refractivity contribution is 5.75. The highest BCUT2D eigenvalue weighted by atomic mass is 19.1. The predicted octanol–water partition coefficient (Wildman–Crippen LogP) is 4.05. The molecule has 1 aromatic carbocycles. The normalized spacial score (nSPS) is 17.5. The lowest BCUT2D eigenvalue weighted by molar-refractivity contribution is 0.165. The molecule has 2 atom stereocenters. The molecular weight excluding hydrogens is 307 g/mol. The highest BCUT2D eigenvalue weighted by Gasteiger charge is 2.24. The fourth-order valence-electron chi connectivity index (χ4n) is 3.04. The molecule has 0 fully saturated rings. The van der Waals surface area contributed by atoms with Gasteiger partial charge in [-0.1, -0.05) is 0 Å². The zero-order valence-corrected chi connectivity index (χ0v) is 14.3. The van der Waals surface area contributed by atoms with Crippen molar-refractivity contribution in [2.75, 3.05) is 6.61 Å². The maximum Gasteiger partial charge on any atom is 0.131 e. The number of nitrogens with zero attached hydrogens (tertiary/aromatic N) is 1. The minimum absolute atomic E-state index is 0.0413. The Bertz CT molecular complexity index is 728. The van der Waals surface area contributed by atoms with Gasteiger partial charge in [0.15, 0.2) is 0 Å². The van der Waals surface area contributed by atoms with Gasteiger partial charge in [-0.15, -0.1) is 0 Å². The lowest BCUT2D eigenvalue weighted by atomic mass is 9.95. The molecule has 1 aliphatic rings. The van der Waals surface area contributed by atoms with E-state index in [1.165, 1.54) is 13.8 Å². The number of aromatic nitrogens is 1. The van der Waals surface area contributed by atoms with E-state index in [1.54, 1.807) is 6.20 Å². The number of fused-ring (bicyclic) bond motifs is 3. The van der Waals surface area contributed by atoms with Gasteiger partial charge in [0.2, 0.25) is 0 Å². The van der Waals surface area contributed by atoms with Crippen molar-refractivity contribution < 1.29 is 13.9 Å². The van der Waals surface area contributed by atoms with Crippen molar-refractivity contribution in [2.45, 2.75) is 45.0 Å². The van der Waals surface area contributed by atoms with Crippen LogP contribution in [-0.2, 0) is 0 Å². The number of alkyl halides is 1. The van der Waals surface area contributed by atoms with Gasteiger partial charge in [0.05, 0.1) is 0 Å². The lowest BCUT2D eigenvalue weighted by Crippen LogP contribution is -2.34. The molecule has 128 valence electrons. The number of halogens is 1. The van der Waals surface area contributed by atoms with Crippen LogP contribution in [0.25, 0.3) is 11.1 Å². The topological polar surface area (TPSA) is 57.4 Å². The molecular formula is C19H23FN2O2. The predicted molar refractivity (Wildman–Crippen MR) is 92.0 cm³/mol. The van der Waals surface area contributed by atoms with E-state index in [1.807, 2.05) is 37.4 Å². The third kappa shape index (κ3) is 3.67. The molecule has 0 bridgehead atoms. The van der Waals surface area contributed by atoms with Crippen molar-refractivity contribution in [1.29, 1.82) is 0 Å². The molecule has 2 heterocycles. The van der Waals surface area contributed by atoms with Crippen LogP contribution in [0, 0.1) is 0 Å². The Morgan fingerprint density at radius 1 is 1.33 bits per heavy atom. The zero-order chi connectivity index (χ0) is 17.3. The Morgan fingerprint density at radius 3 is 2.88 bits per heavy atom. The summed E-state index contributed by atoms with van der Waals surface area (Å²) in [6.07, 6.45) is 3.84. The van der Waals surface area contributed by atoms with E-state index in [9.17, 15) is 4.39 Å². The maximum absolute atomic E-state index is 13.6. The Labute approximate surface area is 141 Å². The van der Waals surface area contributed by atoms with Gasteiger partial charge >= 0.3 is 0 Å². The molecule has 1 aliphatic heterocycles. The first-order valence-electron chi connectivity index (χ1n) is 8.16. The number of rotatable bonds is 5. The first-order chi connectivity index (χ1) is 11.3. The van der Waals surface area contributed by atoms with Crippen LogP contribution in [0.15, 0.2) is 36.7 Å². The lowest BCUT2D eigenvalue weighted by Gasteiger charge is -2.26. The van der Waals surface area contributed by atoms with Gasteiger partial charge in [-0.2, -0.15) is 0 Å². The summed E-state index contributed by atoms with van der Waals surface area (Å²) in [6.45, 7) is 5.31. The van der Waals surface area contributed by atoms with Crippen molar-refractivity contribution >= 4 is 0 Å². The van der Waals surface area contributed by atoms with Crippen LogP contribution < -0.4 is 15.2 Å². The van der Waals surface area contributed by atoms with Crippen molar-refractivity contribution in [3.8, 4) is 22.6 Å². The first kappa shape index (κ1) is 16.7. The monoisotopic (exact) mass is 330 g/mol. The molecule has 0 aliphatic carbocycles. The number of nitrogens with two attached hydrogens (primary N) is 1. The molecule has 1 aromatic heterocycles. The molecule has 2 N–H and O–H groups in total. The number of benzene rings is 1. The third-order valence-electron chi connectivity index (χ3n) is 4.05. The first-order valence-corrected chi connectivity index (χ1v) is 8.16. The fraction of sp³-hybridized carbons (Fsp3) is 0.421. The standard InChI is InChI=1S/C19H23FN2O2/c1-12-15-6-7-22-10-17(15)16-5-4-14(8-18(16)24-12)23-11-13(21)9-19(2,3)20/h4-8,10,12-13H,9,11,21H2,1-3H3. The van der Waals surface area contributed by atoms with Crippen LogP contribution in [-0.4, -0.2) is 23.3 Å². The largest absolute Gasteiger partial charge is 0.492 e. The molecule has 0 saturated carbocycles. The second kappa shape index (κ2) is 6.40. The molecule has 0 saturated heterocycles. The van der Waals surface area contributed by atoms with Gasteiger partial charge in [-0.05, 0) is 45.4 Å². The fourth-order valence-corrected chi connectivity index (χ4v) is 3.04. The van der Waals surface area contributed by atoms with Crippen molar-refractivity contribution in [3.63, 3.8) is 0 Å². The van der Waals surface area contributed by atoms with Crippen molar-refractivity contribution in [3.05, 3.63) is 42.2 Å². The van der Waals surface area contributed by atoms with Crippen LogP contribution in [0.4, 0.5) is 4.39 Å². The molecule has 3 rings (SSSR count). The molecule has 0 radical (unpaired) electrons. The number of hydrogen-bond acceptors (Lipinski definition) is 4. The van der Waals surface area contributed by atoms with Gasteiger partial charge in [0, 0.05) is 41.2 Å². The summed E-state index contributed by atoms with van der Waals surface area (Å²) < 4.78 is 25.3. The zero-order valence-electron chi connectivity index (χ0n) is 14.3. The summed E-state index contributed by atoms with van der Waals surface area (Å²) in [6, 6.07) is 7.32. The number of ether oxygens (including phenoxy) is 2. The van der Waals surface area contributed by atoms with Gasteiger partial charge in [0.1, 0.15) is 29.9 Å². The van der Waals surface area contributed by atoms with Gasteiger partial charge in [0.25, 0.3) is 0 Å². The highest BCUT2D eigenvalue weighted by Crippen LogP contribution is 2.43. The van der Waals surface area contributed by atoms with E-state index in [-0.39, 0.29) is 25.2 Å². The Kier molecular flexibility index (Phi) is 4.45. The van der Waals surface area contributed by atoms with Crippen LogP contribution in [0.3, 0.4) is 0 Å². The summed E-state index contributed by atoms with van der Waals surface area (Å²) in [4.78, 5) is 4.21. The Balaban J connectivity index is 1.75. The van der Waals surface area contributed by atoms with Gasteiger partial charge < -0.3 is 15.2 Å². The Morgan fingerprint density at radius 2 is 2.12 bits per heavy atom. The van der Waals surface area contributed by atoms with Gasteiger partial charge in [-0.3, -0.25) is 4.98 Å². The molecule has 5 heteroatoms. The van der Waals surface area contributed by atoms with E-state index >= 15 is 0 Å². The molecule has 4 nitrogen and oxygen atoms in total. The minimum Gasteiger partial charge on any atom is -0.492 e. The molecule has 2 aromatic rings. The Hall–Kier alpha value is -2.14. The van der Waals surface area contributed by atoms with Crippen LogP contribution in [0.5, 0.6) is 11.5 Å². The van der Waals surface area contributed by atoms with E-state index in [4.69, 9.17) is 15.2 Å². The number of hydrogen-bond donors (Lipinski definition) is 1. The van der Waals surface area contributed by atoms with E-state index in [2.05, 4.69) is 4.98 Å². The van der Waals surface area contributed by atoms with Crippen molar-refractivity contribution in [1.82, 2.24) is 4.98 Å². The SMILES string of the molecule is CC1Oc2cc(OCC(N)CC(C)(C)F)ccc2-c2cnccc21. The molecule has 0 spiro atoms. The molecule has 2 unspecified atom stereocenters. The van der Waals surface area contributed by atoms with E-state index in [0.29, 0.717) is 5.75 Å². The van der Waals surface area contributed by atoms with Gasteiger partial charge in [-0.25, -0.2) is 4.39 Å². The van der Waals surface area contributed by atoms with Crippen LogP contribution >= 0.6 is 0 Å². The summed E-state index contributed by atoms with van der Waals surface area (Å²) in [5, 5.41) is 0. The van der Waals surface area contributed by atoms with Crippen LogP contribution in [0.2, 0.25) is 0 Å². The average molecular weight is 330 g/mol. The third-order valence-corrected chi connectivity index (χ3v) is 4.05. The summed E-state index contributed by atoms with van der Waals surface area (Å²) in [5.41, 5.74) is 7.83. The minimum atomic E-state index is -1.30. The van der Waals surface area contributed by atoms with E-state index < -0.39 is 5.67 Å². The van der Waals surface area contributed by atoms with Crippen LogP contribution in [0.1, 0.15) is 38.9 Å². The summed E-state index contributed by atoms with van der Waals surface area (Å²) in [7, 11) is 0. The summed E-state index contributed by atoms with van der Waals surface area (Å²) >= 11 is 0. The van der Waals surface area contributed by atoms with Crippen molar-refractivity contribution in [2.24, 2.45) is 5.73 Å². The average Bonchev–Trinajstić information content (AvgIpc) is 2.51. The number of pyridine rings is 1.